The van der Waals surface area contributed by atoms with Crippen molar-refractivity contribution >= 4 is 43.6 Å². The minimum Gasteiger partial charge on any atom is -0.309 e. The summed E-state index contributed by atoms with van der Waals surface area (Å²) in [6, 6.07) is 30.9. The predicted molar refractivity (Wildman–Crippen MR) is 205 cm³/mol. The molecule has 5 heteroatoms. The molecule has 5 nitrogen and oxygen atoms in total. The fourth-order valence-electron chi connectivity index (χ4n) is 6.62. The highest BCUT2D eigenvalue weighted by atomic mass is 15.2. The lowest BCUT2D eigenvalue weighted by atomic mass is 10.0. The van der Waals surface area contributed by atoms with Gasteiger partial charge in [-0.1, -0.05) is 139 Å². The smallest absolute Gasteiger partial charge is 0.238 e. The van der Waals surface area contributed by atoms with Crippen LogP contribution in [-0.4, -0.2) is 24.1 Å². The number of hydrogen-bond acceptors (Lipinski definition) is 3. The first-order valence-corrected chi connectivity index (χ1v) is 16.0. The lowest BCUT2D eigenvalue weighted by molar-refractivity contribution is 0.953. The van der Waals surface area contributed by atoms with Crippen molar-refractivity contribution in [3.8, 4) is 45.5 Å². The van der Waals surface area contributed by atoms with Crippen LogP contribution in [0.25, 0.3) is 89.2 Å². The molecule has 0 bridgehead atoms. The molecule has 10 rings (SSSR count). The molecule has 7 aromatic carbocycles. The topological polar surface area (TPSA) is 48.5 Å². The third kappa shape index (κ3) is 4.45. The molecule has 50 heavy (non-hydrogen) atoms. The van der Waals surface area contributed by atoms with E-state index in [1.807, 2.05) is 84.9 Å². The summed E-state index contributed by atoms with van der Waals surface area (Å²) in [4.78, 5) is 14.7. The van der Waals surface area contributed by atoms with Crippen LogP contribution in [0.3, 0.4) is 0 Å². The lowest BCUT2D eigenvalue weighted by Crippen LogP contribution is -2.06. The van der Waals surface area contributed by atoms with Crippen LogP contribution in [0, 0.1) is 0 Å². The Labute approximate surface area is 302 Å². The Morgan fingerprint density at radius 2 is 0.820 bits per heavy atom. The first-order valence-electron chi connectivity index (χ1n) is 21.0. The van der Waals surface area contributed by atoms with Gasteiger partial charge < -0.3 is 4.57 Å². The Hall–Kier alpha value is -6.85. The minimum atomic E-state index is -0.548. The van der Waals surface area contributed by atoms with E-state index in [0.29, 0.717) is 16.8 Å². The largest absolute Gasteiger partial charge is 0.309 e. The number of fused-ring (bicyclic) bond motifs is 7. The molecule has 0 aliphatic carbocycles. The van der Waals surface area contributed by atoms with E-state index in [2.05, 4.69) is 0 Å². The maximum absolute atomic E-state index is 9.73. The van der Waals surface area contributed by atoms with Gasteiger partial charge in [-0.25, -0.2) is 4.98 Å². The molecule has 3 heterocycles. The van der Waals surface area contributed by atoms with E-state index in [1.54, 1.807) is 30.3 Å². The van der Waals surface area contributed by atoms with E-state index in [4.69, 9.17) is 21.8 Å². The van der Waals surface area contributed by atoms with Gasteiger partial charge in [0.05, 0.1) is 35.8 Å². The van der Waals surface area contributed by atoms with Gasteiger partial charge in [0.15, 0.2) is 11.6 Å². The zero-order valence-corrected chi connectivity index (χ0v) is 26.2. The Kier molecular flexibility index (Phi) is 4.52. The molecule has 0 saturated heterocycles. The van der Waals surface area contributed by atoms with E-state index in [9.17, 15) is 6.85 Å². The van der Waals surface area contributed by atoms with Gasteiger partial charge in [0.1, 0.15) is 0 Å². The summed E-state index contributed by atoms with van der Waals surface area (Å²) in [7, 11) is 0. The van der Waals surface area contributed by atoms with E-state index in [0.717, 1.165) is 11.1 Å². The second-order valence-electron chi connectivity index (χ2n) is 11.7. The zero-order chi connectivity index (χ0) is 41.7. The van der Waals surface area contributed by atoms with Gasteiger partial charge in [-0.05, 0) is 47.4 Å². The van der Waals surface area contributed by atoms with Crippen LogP contribution in [0.1, 0.15) is 13.7 Å². The van der Waals surface area contributed by atoms with E-state index in [-0.39, 0.29) is 79.3 Å². The molecule has 0 atom stereocenters. The quantitative estimate of drug-likeness (QED) is 0.186. The van der Waals surface area contributed by atoms with Crippen LogP contribution in [0.15, 0.2) is 176 Å². The monoisotopic (exact) mass is 649 g/mol. The predicted octanol–water partition coefficient (Wildman–Crippen LogP) is 11.1. The van der Waals surface area contributed by atoms with Crippen molar-refractivity contribution in [2.45, 2.75) is 0 Å². The molecular weight excluding hydrogens is 611 g/mol. The summed E-state index contributed by atoms with van der Waals surface area (Å²) < 4.78 is 94.4. The van der Waals surface area contributed by atoms with Crippen molar-refractivity contribution in [1.29, 1.82) is 0 Å². The first kappa shape index (κ1) is 19.8. The molecular formula is C45H29N5. The number of aromatic nitrogens is 5. The molecule has 0 amide bonds. The van der Waals surface area contributed by atoms with Crippen LogP contribution in [0.5, 0.6) is 0 Å². The third-order valence-electron chi connectivity index (χ3n) is 8.87. The van der Waals surface area contributed by atoms with Crippen molar-refractivity contribution < 1.29 is 13.7 Å². The SMILES string of the molecule is [2H]c1c([2H])c([2H])c2c(c1[2H])c1c3c4c([2H])c([2H])c([2H])c([2H])c4n(-c4nc(-c5ccccc5)nc(-c5ccc(-c6ccccc6)cc5)n4)c3c([2H])c([2H])c1n2-c1ccccc1. The molecule has 0 fully saturated rings. The van der Waals surface area contributed by atoms with E-state index in [1.165, 1.54) is 9.13 Å². The van der Waals surface area contributed by atoms with Crippen LogP contribution in [0.2, 0.25) is 0 Å². The van der Waals surface area contributed by atoms with Gasteiger partial charge >= 0.3 is 0 Å². The van der Waals surface area contributed by atoms with Gasteiger partial charge in [-0.2, -0.15) is 9.97 Å². The van der Waals surface area contributed by atoms with E-state index < -0.39 is 42.3 Å². The molecule has 10 aromatic rings. The fraction of sp³-hybridized carbons (Fsp3) is 0. The van der Waals surface area contributed by atoms with Gasteiger partial charge in [-0.3, -0.25) is 4.57 Å². The Balaban J connectivity index is 1.40. The highest BCUT2D eigenvalue weighted by Crippen LogP contribution is 2.42. The first-order chi connectivity index (χ1) is 29.0. The number of nitrogens with zero attached hydrogens (tertiary/aromatic N) is 5. The van der Waals surface area contributed by atoms with Crippen LogP contribution < -0.4 is 0 Å². The van der Waals surface area contributed by atoms with Crippen LogP contribution in [0.4, 0.5) is 0 Å². The summed E-state index contributed by atoms with van der Waals surface area (Å²) in [5.41, 5.74) is 3.71. The maximum atomic E-state index is 9.73. The summed E-state index contributed by atoms with van der Waals surface area (Å²) in [5, 5.41) is 0.224. The van der Waals surface area contributed by atoms with Crippen molar-refractivity contribution in [3.05, 3.63) is 176 Å². The van der Waals surface area contributed by atoms with Gasteiger partial charge in [0.2, 0.25) is 5.95 Å². The van der Waals surface area contributed by atoms with Gasteiger partial charge in [0.25, 0.3) is 0 Å². The zero-order valence-electron chi connectivity index (χ0n) is 36.2. The number of benzene rings is 7. The van der Waals surface area contributed by atoms with Gasteiger partial charge in [-0.15, -0.1) is 0 Å². The second kappa shape index (κ2) is 11.4. The highest BCUT2D eigenvalue weighted by Gasteiger charge is 2.22. The molecule has 0 spiro atoms. The number of rotatable bonds is 5. The normalized spacial score (nSPS) is 14.4. The molecule has 0 aliphatic heterocycles. The van der Waals surface area contributed by atoms with Crippen LogP contribution >= 0.6 is 0 Å². The molecule has 3 aromatic heterocycles. The third-order valence-corrected chi connectivity index (χ3v) is 8.87. The van der Waals surface area contributed by atoms with Crippen molar-refractivity contribution in [1.82, 2.24) is 24.1 Å². The minimum absolute atomic E-state index is 0.0236. The number of para-hydroxylation sites is 3. The van der Waals surface area contributed by atoms with Crippen molar-refractivity contribution in [3.63, 3.8) is 0 Å². The summed E-state index contributed by atoms with van der Waals surface area (Å²) in [6.07, 6.45) is 0. The second-order valence-corrected chi connectivity index (χ2v) is 11.7. The van der Waals surface area contributed by atoms with E-state index >= 15 is 0 Å². The highest BCUT2D eigenvalue weighted by molar-refractivity contribution is 6.28. The van der Waals surface area contributed by atoms with Gasteiger partial charge in [0, 0.05) is 38.4 Å². The average molecular weight is 650 g/mol. The van der Waals surface area contributed by atoms with Crippen LogP contribution in [-0.2, 0) is 0 Å². The Bertz CT molecular complexity index is 3410. The Morgan fingerprint density at radius 1 is 0.380 bits per heavy atom. The average Bonchev–Trinajstić information content (AvgIpc) is 3.84. The fourth-order valence-corrected chi connectivity index (χ4v) is 6.62. The molecule has 0 saturated carbocycles. The lowest BCUT2D eigenvalue weighted by Gasteiger charge is -2.11. The Morgan fingerprint density at radius 3 is 1.42 bits per heavy atom. The molecule has 0 unspecified atom stereocenters. The summed E-state index contributed by atoms with van der Waals surface area (Å²) >= 11 is 0. The number of hydrogen-bond donors (Lipinski definition) is 0. The molecule has 234 valence electrons. The summed E-state index contributed by atoms with van der Waals surface area (Å²) in [5.74, 6) is 0.395. The van der Waals surface area contributed by atoms with Crippen molar-refractivity contribution in [2.75, 3.05) is 0 Å². The molecule has 0 aliphatic rings. The van der Waals surface area contributed by atoms with Crippen molar-refractivity contribution in [2.24, 2.45) is 0 Å². The maximum Gasteiger partial charge on any atom is 0.238 e. The summed E-state index contributed by atoms with van der Waals surface area (Å²) in [6.45, 7) is 0. The standard InChI is InChI=1S/C45H29N5/c1-4-14-30(15-5-1)31-24-26-33(27-25-31)44-46-43(32-16-6-2-7-17-32)47-45(48-44)50-38-23-13-11-21-36(38)42-40(50)29-28-39-41(42)35-20-10-12-22-37(35)49(39)34-18-8-3-9-19-34/h1-29H/i10D,11D,12D,13D,20D,21D,22D,23D,28D,29D. The molecule has 0 radical (unpaired) electrons. The molecule has 0 N–H and O–H groups in total.